The van der Waals surface area contributed by atoms with Crippen LogP contribution < -0.4 is 11.4 Å². The molecule has 0 bridgehead atoms. The topological polar surface area (TPSA) is 69.1 Å². The molecule has 0 amide bonds. The molecule has 2 N–H and O–H groups in total. The lowest BCUT2D eigenvalue weighted by molar-refractivity contribution is 0.561. The normalized spacial score (nSPS) is 11.2. The maximum absolute atomic E-state index is 11.8. The molecule has 0 aliphatic rings. The SMILES string of the molecule is Nc1c(-c2cc(=O)oc3ccccc23)sc2ncccc12. The molecule has 1 aromatic carbocycles. The number of nitrogens with zero attached hydrogens (tertiary/aromatic N) is 1. The standard InChI is InChI=1S/C16H10N2O2S/c17-14-10-5-3-7-18-16(10)21-15(14)11-8-13(19)20-12-6-2-1-4-9(11)12/h1-8H,17H2. The van der Waals surface area contributed by atoms with Crippen molar-refractivity contribution in [1.82, 2.24) is 4.98 Å². The van der Waals surface area contributed by atoms with Crippen LogP contribution in [0.5, 0.6) is 0 Å². The molecule has 4 aromatic rings. The molecular formula is C16H10N2O2S. The lowest BCUT2D eigenvalue weighted by Crippen LogP contribution is -1.98. The van der Waals surface area contributed by atoms with Gasteiger partial charge in [-0.05, 0) is 18.2 Å². The van der Waals surface area contributed by atoms with E-state index in [0.29, 0.717) is 11.3 Å². The molecule has 0 spiro atoms. The summed E-state index contributed by atoms with van der Waals surface area (Å²) in [5.41, 5.74) is 7.87. The first-order valence-electron chi connectivity index (χ1n) is 6.40. The van der Waals surface area contributed by atoms with Gasteiger partial charge in [0.15, 0.2) is 0 Å². The summed E-state index contributed by atoms with van der Waals surface area (Å²) in [6.07, 6.45) is 1.74. The van der Waals surface area contributed by atoms with Crippen molar-refractivity contribution < 1.29 is 4.42 Å². The van der Waals surface area contributed by atoms with Gasteiger partial charge in [-0.2, -0.15) is 0 Å². The van der Waals surface area contributed by atoms with Crippen LogP contribution in [0.25, 0.3) is 31.6 Å². The summed E-state index contributed by atoms with van der Waals surface area (Å²) in [6, 6.07) is 12.7. The molecule has 3 aromatic heterocycles. The Balaban J connectivity index is 2.13. The lowest BCUT2D eigenvalue weighted by atomic mass is 10.1. The number of rotatable bonds is 1. The molecule has 0 radical (unpaired) electrons. The van der Waals surface area contributed by atoms with E-state index in [0.717, 1.165) is 26.0 Å². The van der Waals surface area contributed by atoms with Crippen molar-refractivity contribution in [2.75, 3.05) is 5.73 Å². The first-order valence-corrected chi connectivity index (χ1v) is 7.22. The van der Waals surface area contributed by atoms with Gasteiger partial charge in [0.25, 0.3) is 0 Å². The van der Waals surface area contributed by atoms with Crippen molar-refractivity contribution in [3.05, 3.63) is 59.1 Å². The number of para-hydroxylation sites is 1. The maximum Gasteiger partial charge on any atom is 0.336 e. The number of benzene rings is 1. The largest absolute Gasteiger partial charge is 0.423 e. The molecule has 102 valence electrons. The van der Waals surface area contributed by atoms with Crippen molar-refractivity contribution in [2.24, 2.45) is 0 Å². The van der Waals surface area contributed by atoms with E-state index in [4.69, 9.17) is 10.2 Å². The van der Waals surface area contributed by atoms with Crippen LogP contribution in [0.15, 0.2) is 57.9 Å². The number of hydrogen-bond acceptors (Lipinski definition) is 5. The van der Waals surface area contributed by atoms with Crippen LogP contribution in [0.3, 0.4) is 0 Å². The highest BCUT2D eigenvalue weighted by molar-refractivity contribution is 7.22. The third kappa shape index (κ3) is 1.82. The fourth-order valence-electron chi connectivity index (χ4n) is 2.45. The second kappa shape index (κ2) is 4.43. The summed E-state index contributed by atoms with van der Waals surface area (Å²) in [6.45, 7) is 0. The van der Waals surface area contributed by atoms with Crippen LogP contribution in [0, 0.1) is 0 Å². The van der Waals surface area contributed by atoms with Crippen LogP contribution in [-0.4, -0.2) is 4.98 Å². The second-order valence-corrected chi connectivity index (χ2v) is 5.68. The highest BCUT2D eigenvalue weighted by Gasteiger charge is 2.15. The van der Waals surface area contributed by atoms with Gasteiger partial charge in [-0.25, -0.2) is 9.78 Å². The molecule has 4 rings (SSSR count). The smallest absolute Gasteiger partial charge is 0.336 e. The summed E-state index contributed by atoms with van der Waals surface area (Å²) in [4.78, 5) is 17.8. The molecule has 0 saturated carbocycles. The van der Waals surface area contributed by atoms with E-state index in [1.54, 1.807) is 12.3 Å². The van der Waals surface area contributed by atoms with Crippen LogP contribution >= 0.6 is 11.3 Å². The average molecular weight is 294 g/mol. The maximum atomic E-state index is 11.8. The Morgan fingerprint density at radius 2 is 1.90 bits per heavy atom. The van der Waals surface area contributed by atoms with Gasteiger partial charge >= 0.3 is 5.63 Å². The molecule has 0 aliphatic carbocycles. The van der Waals surface area contributed by atoms with Crippen molar-refractivity contribution in [3.63, 3.8) is 0 Å². The van der Waals surface area contributed by atoms with Gasteiger partial charge < -0.3 is 10.2 Å². The van der Waals surface area contributed by atoms with Crippen LogP contribution in [0.2, 0.25) is 0 Å². The Bertz CT molecular complexity index is 1030. The molecule has 0 atom stereocenters. The summed E-state index contributed by atoms with van der Waals surface area (Å²) in [7, 11) is 0. The van der Waals surface area contributed by atoms with E-state index < -0.39 is 0 Å². The van der Waals surface area contributed by atoms with Crippen LogP contribution in [0.4, 0.5) is 5.69 Å². The molecular weight excluding hydrogens is 284 g/mol. The second-order valence-electron chi connectivity index (χ2n) is 4.68. The molecule has 3 heterocycles. The number of anilines is 1. The first kappa shape index (κ1) is 12.1. The zero-order valence-corrected chi connectivity index (χ0v) is 11.7. The van der Waals surface area contributed by atoms with E-state index in [-0.39, 0.29) is 5.63 Å². The lowest BCUT2D eigenvalue weighted by Gasteiger charge is -2.04. The van der Waals surface area contributed by atoms with Gasteiger partial charge in [-0.3, -0.25) is 0 Å². The molecule has 0 aliphatic heterocycles. The van der Waals surface area contributed by atoms with Gasteiger partial charge in [0, 0.05) is 28.6 Å². The minimum Gasteiger partial charge on any atom is -0.423 e. The van der Waals surface area contributed by atoms with Crippen molar-refractivity contribution in [3.8, 4) is 10.4 Å². The van der Waals surface area contributed by atoms with Gasteiger partial charge in [-0.1, -0.05) is 18.2 Å². The van der Waals surface area contributed by atoms with E-state index in [2.05, 4.69) is 4.98 Å². The predicted molar refractivity (Wildman–Crippen MR) is 85.5 cm³/mol. The number of nitrogen functional groups attached to an aromatic ring is 1. The third-order valence-corrected chi connectivity index (χ3v) is 4.56. The highest BCUT2D eigenvalue weighted by Crippen LogP contribution is 2.41. The molecule has 0 saturated heterocycles. The number of thiophene rings is 1. The molecule has 0 fully saturated rings. The summed E-state index contributed by atoms with van der Waals surface area (Å²) >= 11 is 1.48. The van der Waals surface area contributed by atoms with E-state index in [1.165, 1.54) is 17.4 Å². The predicted octanol–water partition coefficient (Wildman–Crippen LogP) is 3.65. The van der Waals surface area contributed by atoms with Crippen LogP contribution in [-0.2, 0) is 0 Å². The Hall–Kier alpha value is -2.66. The molecule has 4 nitrogen and oxygen atoms in total. The quantitative estimate of drug-likeness (QED) is 0.544. The third-order valence-electron chi connectivity index (χ3n) is 3.40. The van der Waals surface area contributed by atoms with Crippen molar-refractivity contribution in [2.45, 2.75) is 0 Å². The molecule has 21 heavy (non-hydrogen) atoms. The monoisotopic (exact) mass is 294 g/mol. The number of aromatic nitrogens is 1. The Morgan fingerprint density at radius 3 is 2.76 bits per heavy atom. The fraction of sp³-hybridized carbons (Fsp3) is 0. The summed E-state index contributed by atoms with van der Waals surface area (Å²) < 4.78 is 5.23. The minimum atomic E-state index is -0.381. The number of pyridine rings is 1. The highest BCUT2D eigenvalue weighted by atomic mass is 32.1. The van der Waals surface area contributed by atoms with E-state index >= 15 is 0 Å². The van der Waals surface area contributed by atoms with Gasteiger partial charge in [-0.15, -0.1) is 11.3 Å². The first-order chi connectivity index (χ1) is 10.2. The summed E-state index contributed by atoms with van der Waals surface area (Å²) in [5.74, 6) is 0. The fourth-order valence-corrected chi connectivity index (χ4v) is 3.54. The number of nitrogens with two attached hydrogens (primary N) is 1. The van der Waals surface area contributed by atoms with Gasteiger partial charge in [0.2, 0.25) is 0 Å². The average Bonchev–Trinajstić information content (AvgIpc) is 2.84. The van der Waals surface area contributed by atoms with Crippen LogP contribution in [0.1, 0.15) is 0 Å². The van der Waals surface area contributed by atoms with Crippen molar-refractivity contribution in [1.29, 1.82) is 0 Å². The number of hydrogen-bond donors (Lipinski definition) is 1. The van der Waals surface area contributed by atoms with Gasteiger partial charge in [0.1, 0.15) is 10.4 Å². The Labute approximate surface area is 123 Å². The van der Waals surface area contributed by atoms with E-state index in [9.17, 15) is 4.79 Å². The molecule has 5 heteroatoms. The Morgan fingerprint density at radius 1 is 1.10 bits per heavy atom. The van der Waals surface area contributed by atoms with Crippen molar-refractivity contribution >= 4 is 38.2 Å². The zero-order chi connectivity index (χ0) is 14.4. The number of fused-ring (bicyclic) bond motifs is 2. The Kier molecular flexibility index (Phi) is 2.55. The zero-order valence-electron chi connectivity index (χ0n) is 10.9. The summed E-state index contributed by atoms with van der Waals surface area (Å²) in [5, 5.41) is 1.78. The molecule has 0 unspecified atom stereocenters. The van der Waals surface area contributed by atoms with Gasteiger partial charge in [0.05, 0.1) is 10.6 Å². The minimum absolute atomic E-state index is 0.381. The van der Waals surface area contributed by atoms with E-state index in [1.807, 2.05) is 30.3 Å².